The summed E-state index contributed by atoms with van der Waals surface area (Å²) in [5.41, 5.74) is 0. The molecule has 2 aliphatic heterocycles. The lowest BCUT2D eigenvalue weighted by atomic mass is 10.2. The number of hydrogen-bond donors (Lipinski definition) is 0. The summed E-state index contributed by atoms with van der Waals surface area (Å²) in [4.78, 5) is 21.0. The molecular weight excluding hydrogens is 286 g/mol. The maximum absolute atomic E-state index is 12.2. The van der Waals surface area contributed by atoms with E-state index >= 15 is 0 Å². The molecule has 0 saturated carbocycles. The van der Waals surface area contributed by atoms with Crippen LogP contribution in [0.15, 0.2) is 27.8 Å². The number of hydrogen-bond acceptors (Lipinski definition) is 5. The number of carbonyl (C=O) groups is 1. The highest BCUT2D eigenvalue weighted by Crippen LogP contribution is 2.23. The maximum atomic E-state index is 12.2. The number of piperazine rings is 1. The standard InChI is InChI=1S/C15H21N3O2S/c1-12-11-16-15(21-12)18-8-6-17(7-9-18)14(19)5-4-13-3-2-10-20-13/h2-3,10,12H,4-9,11H2,1H3/t12-/m1/s1. The van der Waals surface area contributed by atoms with Crippen LogP contribution in [0.5, 0.6) is 0 Å². The Morgan fingerprint density at radius 1 is 1.43 bits per heavy atom. The summed E-state index contributed by atoms with van der Waals surface area (Å²) < 4.78 is 5.27. The van der Waals surface area contributed by atoms with Crippen LogP contribution in [-0.4, -0.2) is 58.8 Å². The van der Waals surface area contributed by atoms with Crippen molar-refractivity contribution < 1.29 is 9.21 Å². The summed E-state index contributed by atoms with van der Waals surface area (Å²) >= 11 is 1.85. The highest BCUT2D eigenvalue weighted by Gasteiger charge is 2.26. The van der Waals surface area contributed by atoms with E-state index in [9.17, 15) is 4.79 Å². The first-order chi connectivity index (χ1) is 10.2. The number of nitrogens with zero attached hydrogens (tertiary/aromatic N) is 3. The van der Waals surface area contributed by atoms with E-state index in [4.69, 9.17) is 4.42 Å². The van der Waals surface area contributed by atoms with Gasteiger partial charge in [0.2, 0.25) is 5.91 Å². The van der Waals surface area contributed by atoms with Crippen LogP contribution in [0.2, 0.25) is 0 Å². The van der Waals surface area contributed by atoms with Gasteiger partial charge in [0.25, 0.3) is 0 Å². The fourth-order valence-corrected chi connectivity index (χ4v) is 3.62. The van der Waals surface area contributed by atoms with Gasteiger partial charge in [0.1, 0.15) is 5.76 Å². The zero-order chi connectivity index (χ0) is 14.7. The summed E-state index contributed by atoms with van der Waals surface area (Å²) in [6.45, 7) is 6.50. The summed E-state index contributed by atoms with van der Waals surface area (Å²) in [7, 11) is 0. The quantitative estimate of drug-likeness (QED) is 0.855. The molecule has 1 aromatic heterocycles. The molecule has 0 unspecified atom stereocenters. The molecule has 5 nitrogen and oxygen atoms in total. The van der Waals surface area contributed by atoms with Crippen molar-refractivity contribution in [1.29, 1.82) is 0 Å². The van der Waals surface area contributed by atoms with Gasteiger partial charge in [-0.05, 0) is 12.1 Å². The molecule has 0 radical (unpaired) electrons. The number of rotatable bonds is 3. The Bertz CT molecular complexity index is 507. The van der Waals surface area contributed by atoms with Crippen LogP contribution in [0.3, 0.4) is 0 Å². The van der Waals surface area contributed by atoms with E-state index in [2.05, 4.69) is 16.8 Å². The van der Waals surface area contributed by atoms with E-state index in [-0.39, 0.29) is 5.91 Å². The highest BCUT2D eigenvalue weighted by atomic mass is 32.2. The molecule has 3 rings (SSSR count). The van der Waals surface area contributed by atoms with E-state index in [1.54, 1.807) is 6.26 Å². The molecule has 1 fully saturated rings. The monoisotopic (exact) mass is 307 g/mol. The summed E-state index contributed by atoms with van der Waals surface area (Å²) in [5.74, 6) is 1.10. The molecule has 0 aromatic carbocycles. The molecule has 0 N–H and O–H groups in total. The van der Waals surface area contributed by atoms with Crippen LogP contribution in [0.4, 0.5) is 0 Å². The van der Waals surface area contributed by atoms with Gasteiger partial charge in [-0.2, -0.15) is 0 Å². The summed E-state index contributed by atoms with van der Waals surface area (Å²) in [5, 5.41) is 1.75. The molecular formula is C15H21N3O2S. The third-order valence-electron chi connectivity index (χ3n) is 3.86. The van der Waals surface area contributed by atoms with E-state index in [0.717, 1.165) is 43.7 Å². The minimum atomic E-state index is 0.223. The van der Waals surface area contributed by atoms with Crippen molar-refractivity contribution in [3.8, 4) is 0 Å². The molecule has 6 heteroatoms. The van der Waals surface area contributed by atoms with Crippen molar-refractivity contribution >= 4 is 22.8 Å². The van der Waals surface area contributed by atoms with Crippen molar-refractivity contribution in [1.82, 2.24) is 9.80 Å². The third-order valence-corrected chi connectivity index (χ3v) is 5.01. The van der Waals surface area contributed by atoms with Gasteiger partial charge in [-0.25, -0.2) is 0 Å². The molecule has 1 atom stereocenters. The number of aryl methyl sites for hydroxylation is 1. The van der Waals surface area contributed by atoms with Crippen LogP contribution in [0.1, 0.15) is 19.1 Å². The number of thioether (sulfide) groups is 1. The van der Waals surface area contributed by atoms with Gasteiger partial charge in [-0.3, -0.25) is 9.79 Å². The Kier molecular flexibility index (Phi) is 4.53. The Morgan fingerprint density at radius 2 is 2.24 bits per heavy atom. The van der Waals surface area contributed by atoms with Crippen LogP contribution in [0.25, 0.3) is 0 Å². The lowest BCUT2D eigenvalue weighted by molar-refractivity contribution is -0.132. The largest absolute Gasteiger partial charge is 0.469 e. The number of aliphatic imine (C=N–C) groups is 1. The number of carbonyl (C=O) groups excluding carboxylic acids is 1. The molecule has 0 aliphatic carbocycles. The van der Waals surface area contributed by atoms with Gasteiger partial charge >= 0.3 is 0 Å². The maximum Gasteiger partial charge on any atom is 0.223 e. The predicted octanol–water partition coefficient (Wildman–Crippen LogP) is 1.85. The topological polar surface area (TPSA) is 49.0 Å². The van der Waals surface area contributed by atoms with Crippen LogP contribution >= 0.6 is 11.8 Å². The summed E-state index contributed by atoms with van der Waals surface area (Å²) in [6.07, 6.45) is 2.87. The first-order valence-electron chi connectivity index (χ1n) is 7.48. The molecule has 0 bridgehead atoms. The second-order valence-electron chi connectivity index (χ2n) is 5.50. The van der Waals surface area contributed by atoms with Crippen molar-refractivity contribution in [2.45, 2.75) is 25.0 Å². The van der Waals surface area contributed by atoms with Gasteiger partial charge in [-0.1, -0.05) is 18.7 Å². The minimum Gasteiger partial charge on any atom is -0.469 e. The second-order valence-corrected chi connectivity index (χ2v) is 6.90. The molecule has 1 aromatic rings. The third kappa shape index (κ3) is 3.61. The molecule has 3 heterocycles. The highest BCUT2D eigenvalue weighted by molar-refractivity contribution is 8.14. The predicted molar refractivity (Wildman–Crippen MR) is 84.5 cm³/mol. The van der Waals surface area contributed by atoms with Gasteiger partial charge in [0.15, 0.2) is 5.17 Å². The zero-order valence-corrected chi connectivity index (χ0v) is 13.1. The molecule has 1 amide bonds. The van der Waals surface area contributed by atoms with E-state index in [1.165, 1.54) is 0 Å². The second kappa shape index (κ2) is 6.56. The Labute approximate surface area is 129 Å². The molecule has 21 heavy (non-hydrogen) atoms. The average Bonchev–Trinajstić information content (AvgIpc) is 3.16. The first kappa shape index (κ1) is 14.5. The first-order valence-corrected chi connectivity index (χ1v) is 8.36. The number of furan rings is 1. The molecule has 2 aliphatic rings. The Hall–Kier alpha value is -1.43. The van der Waals surface area contributed by atoms with Gasteiger partial charge < -0.3 is 14.2 Å². The zero-order valence-electron chi connectivity index (χ0n) is 12.3. The van der Waals surface area contributed by atoms with Crippen molar-refractivity contribution in [3.63, 3.8) is 0 Å². The lowest BCUT2D eigenvalue weighted by Crippen LogP contribution is -2.49. The van der Waals surface area contributed by atoms with Crippen molar-refractivity contribution in [2.75, 3.05) is 32.7 Å². The average molecular weight is 307 g/mol. The van der Waals surface area contributed by atoms with E-state index in [1.807, 2.05) is 28.8 Å². The van der Waals surface area contributed by atoms with Gasteiger partial charge in [-0.15, -0.1) is 0 Å². The van der Waals surface area contributed by atoms with Crippen LogP contribution < -0.4 is 0 Å². The van der Waals surface area contributed by atoms with Crippen LogP contribution in [-0.2, 0) is 11.2 Å². The molecule has 1 saturated heterocycles. The lowest BCUT2D eigenvalue weighted by Gasteiger charge is -2.35. The van der Waals surface area contributed by atoms with Crippen molar-refractivity contribution in [2.24, 2.45) is 4.99 Å². The van der Waals surface area contributed by atoms with Crippen molar-refractivity contribution in [3.05, 3.63) is 24.2 Å². The number of amidine groups is 1. The fourth-order valence-electron chi connectivity index (χ4n) is 2.63. The van der Waals surface area contributed by atoms with Gasteiger partial charge in [0.05, 0.1) is 12.8 Å². The van der Waals surface area contributed by atoms with Crippen LogP contribution in [0, 0.1) is 0 Å². The Balaban J connectivity index is 1.43. The summed E-state index contributed by atoms with van der Waals surface area (Å²) in [6, 6.07) is 3.78. The fraction of sp³-hybridized carbons (Fsp3) is 0.600. The Morgan fingerprint density at radius 3 is 2.86 bits per heavy atom. The molecule has 114 valence electrons. The smallest absolute Gasteiger partial charge is 0.223 e. The molecule has 0 spiro atoms. The normalized spacial score (nSPS) is 22.5. The SMILES string of the molecule is C[C@@H]1CN=C(N2CCN(C(=O)CCc3ccco3)CC2)S1. The van der Waals surface area contributed by atoms with Gasteiger partial charge in [0, 0.05) is 44.3 Å². The minimum absolute atomic E-state index is 0.223. The number of amides is 1. The van der Waals surface area contributed by atoms with E-state index < -0.39 is 0 Å². The van der Waals surface area contributed by atoms with E-state index in [0.29, 0.717) is 18.1 Å².